The monoisotopic (exact) mass is 386 g/mol. The number of hydrogen-bond donors (Lipinski definition) is 2. The van der Waals surface area contributed by atoms with Crippen LogP contribution < -0.4 is 10.6 Å². The largest absolute Gasteiger partial charge is 0.375 e. The minimum Gasteiger partial charge on any atom is -0.375 e. The molecular formula is C14H12ClIN2O. The second-order valence-electron chi connectivity index (χ2n) is 3.86. The molecule has 0 fully saturated rings. The van der Waals surface area contributed by atoms with Crippen LogP contribution in [0.4, 0.5) is 11.4 Å². The molecule has 0 unspecified atom stereocenters. The lowest BCUT2D eigenvalue weighted by Crippen LogP contribution is -2.22. The summed E-state index contributed by atoms with van der Waals surface area (Å²) in [5.74, 6) is -0.107. The SMILES string of the molecule is O=C(CNc1ccccc1Cl)Nc1ccccc1I. The molecule has 2 N–H and O–H groups in total. The molecule has 0 heterocycles. The number of amides is 1. The van der Waals surface area contributed by atoms with E-state index in [0.29, 0.717) is 5.02 Å². The molecule has 0 aliphatic rings. The molecule has 3 nitrogen and oxygen atoms in total. The highest BCUT2D eigenvalue weighted by molar-refractivity contribution is 14.1. The average Bonchev–Trinajstić information content (AvgIpc) is 2.40. The number of anilines is 2. The predicted molar refractivity (Wildman–Crippen MR) is 87.7 cm³/mol. The van der Waals surface area contributed by atoms with Gasteiger partial charge in [0.05, 0.1) is 22.9 Å². The number of rotatable bonds is 4. The molecule has 0 saturated heterocycles. The van der Waals surface area contributed by atoms with Gasteiger partial charge in [-0.25, -0.2) is 0 Å². The Bertz CT molecular complexity index is 589. The third kappa shape index (κ3) is 4.11. The summed E-state index contributed by atoms with van der Waals surface area (Å²) in [5, 5.41) is 6.46. The molecule has 0 radical (unpaired) electrons. The van der Waals surface area contributed by atoms with Crippen molar-refractivity contribution < 1.29 is 4.79 Å². The Kier molecular flexibility index (Phi) is 5.04. The summed E-state index contributed by atoms with van der Waals surface area (Å²) in [4.78, 5) is 11.8. The molecule has 0 atom stereocenters. The van der Waals surface area contributed by atoms with Crippen molar-refractivity contribution in [1.82, 2.24) is 0 Å². The first kappa shape index (κ1) is 14.1. The molecule has 0 aromatic heterocycles. The summed E-state index contributed by atoms with van der Waals surface area (Å²) >= 11 is 8.18. The van der Waals surface area contributed by atoms with Crippen molar-refractivity contribution in [3.8, 4) is 0 Å². The highest BCUT2D eigenvalue weighted by Gasteiger charge is 2.05. The van der Waals surface area contributed by atoms with Gasteiger partial charge in [-0.15, -0.1) is 0 Å². The zero-order chi connectivity index (χ0) is 13.7. The molecule has 0 aliphatic heterocycles. The van der Waals surface area contributed by atoms with Gasteiger partial charge < -0.3 is 10.6 Å². The lowest BCUT2D eigenvalue weighted by Gasteiger charge is -2.10. The van der Waals surface area contributed by atoms with Crippen molar-refractivity contribution in [2.75, 3.05) is 17.2 Å². The van der Waals surface area contributed by atoms with Crippen molar-refractivity contribution in [3.63, 3.8) is 0 Å². The van der Waals surface area contributed by atoms with Crippen LogP contribution in [-0.2, 0) is 4.79 Å². The van der Waals surface area contributed by atoms with Crippen LogP contribution in [0.25, 0.3) is 0 Å². The number of halogens is 2. The van der Waals surface area contributed by atoms with Crippen LogP contribution in [0.2, 0.25) is 5.02 Å². The molecule has 0 spiro atoms. The third-order valence-corrected chi connectivity index (χ3v) is 3.73. The normalized spacial score (nSPS) is 10.0. The van der Waals surface area contributed by atoms with E-state index in [4.69, 9.17) is 11.6 Å². The second kappa shape index (κ2) is 6.77. The number of benzene rings is 2. The maximum Gasteiger partial charge on any atom is 0.243 e. The fraction of sp³-hybridized carbons (Fsp3) is 0.0714. The molecule has 2 aromatic rings. The second-order valence-corrected chi connectivity index (χ2v) is 5.43. The topological polar surface area (TPSA) is 41.1 Å². The summed E-state index contributed by atoms with van der Waals surface area (Å²) in [6.07, 6.45) is 0. The number of nitrogens with one attached hydrogen (secondary N) is 2. The van der Waals surface area contributed by atoms with E-state index in [9.17, 15) is 4.79 Å². The van der Waals surface area contributed by atoms with Crippen LogP contribution in [0.15, 0.2) is 48.5 Å². The maximum absolute atomic E-state index is 11.8. The summed E-state index contributed by atoms with van der Waals surface area (Å²) in [5.41, 5.74) is 1.57. The first-order valence-corrected chi connectivity index (χ1v) is 7.15. The maximum atomic E-state index is 11.8. The third-order valence-electron chi connectivity index (χ3n) is 2.46. The van der Waals surface area contributed by atoms with Gasteiger partial charge in [-0.3, -0.25) is 4.79 Å². The van der Waals surface area contributed by atoms with Gasteiger partial charge in [0.15, 0.2) is 0 Å². The first-order chi connectivity index (χ1) is 9.16. The van der Waals surface area contributed by atoms with E-state index in [1.807, 2.05) is 42.5 Å². The van der Waals surface area contributed by atoms with Gasteiger partial charge in [0.25, 0.3) is 0 Å². The van der Waals surface area contributed by atoms with E-state index in [1.165, 1.54) is 0 Å². The summed E-state index contributed by atoms with van der Waals surface area (Å²) < 4.78 is 1.01. The van der Waals surface area contributed by atoms with E-state index in [2.05, 4.69) is 33.2 Å². The number of hydrogen-bond acceptors (Lipinski definition) is 2. The van der Waals surface area contributed by atoms with E-state index in [-0.39, 0.29) is 12.5 Å². The van der Waals surface area contributed by atoms with Crippen LogP contribution in [0.5, 0.6) is 0 Å². The highest BCUT2D eigenvalue weighted by atomic mass is 127. The molecule has 0 aliphatic carbocycles. The first-order valence-electron chi connectivity index (χ1n) is 5.69. The van der Waals surface area contributed by atoms with E-state index in [0.717, 1.165) is 14.9 Å². The Hall–Kier alpha value is -1.27. The molecule has 1 amide bonds. The minimum atomic E-state index is -0.107. The van der Waals surface area contributed by atoms with Gasteiger partial charge >= 0.3 is 0 Å². The Labute approximate surface area is 130 Å². The Morgan fingerprint density at radius 1 is 1.05 bits per heavy atom. The predicted octanol–water partition coefficient (Wildman–Crippen LogP) is 4.00. The van der Waals surface area contributed by atoms with Gasteiger partial charge in [-0.05, 0) is 46.9 Å². The lowest BCUT2D eigenvalue weighted by atomic mass is 10.3. The van der Waals surface area contributed by atoms with Crippen LogP contribution in [0.1, 0.15) is 0 Å². The molecule has 5 heteroatoms. The van der Waals surface area contributed by atoms with Crippen molar-refractivity contribution in [2.24, 2.45) is 0 Å². The number of para-hydroxylation sites is 2. The van der Waals surface area contributed by atoms with Crippen LogP contribution in [0.3, 0.4) is 0 Å². The fourth-order valence-electron chi connectivity index (χ4n) is 1.54. The van der Waals surface area contributed by atoms with Gasteiger partial charge in [-0.1, -0.05) is 35.9 Å². The molecule has 98 valence electrons. The average molecular weight is 387 g/mol. The molecule has 2 rings (SSSR count). The van der Waals surface area contributed by atoms with Crippen LogP contribution in [-0.4, -0.2) is 12.5 Å². The van der Waals surface area contributed by atoms with Crippen molar-refractivity contribution in [2.45, 2.75) is 0 Å². The zero-order valence-corrected chi connectivity index (χ0v) is 12.9. The van der Waals surface area contributed by atoms with Gasteiger partial charge in [0.2, 0.25) is 5.91 Å². The van der Waals surface area contributed by atoms with Gasteiger partial charge in [0.1, 0.15) is 0 Å². The van der Waals surface area contributed by atoms with E-state index in [1.54, 1.807) is 6.07 Å². The molecule has 0 bridgehead atoms. The number of carbonyl (C=O) groups is 1. The molecule has 0 saturated carbocycles. The van der Waals surface area contributed by atoms with Crippen molar-refractivity contribution >= 4 is 51.5 Å². The molecule has 19 heavy (non-hydrogen) atoms. The lowest BCUT2D eigenvalue weighted by molar-refractivity contribution is -0.114. The standard InChI is InChI=1S/C14H12ClIN2O/c15-10-5-1-3-7-12(10)17-9-14(19)18-13-8-4-2-6-11(13)16/h1-8,17H,9H2,(H,18,19). The fourth-order valence-corrected chi connectivity index (χ4v) is 2.26. The van der Waals surface area contributed by atoms with Crippen LogP contribution in [0, 0.1) is 3.57 Å². The Morgan fingerprint density at radius 3 is 2.37 bits per heavy atom. The molecular weight excluding hydrogens is 375 g/mol. The zero-order valence-electron chi connectivity index (χ0n) is 9.99. The van der Waals surface area contributed by atoms with Gasteiger partial charge in [0, 0.05) is 3.57 Å². The van der Waals surface area contributed by atoms with Crippen molar-refractivity contribution in [3.05, 3.63) is 57.1 Å². The highest BCUT2D eigenvalue weighted by Crippen LogP contribution is 2.20. The van der Waals surface area contributed by atoms with E-state index >= 15 is 0 Å². The Morgan fingerprint density at radius 2 is 1.68 bits per heavy atom. The van der Waals surface area contributed by atoms with Gasteiger partial charge in [-0.2, -0.15) is 0 Å². The van der Waals surface area contributed by atoms with Crippen molar-refractivity contribution in [1.29, 1.82) is 0 Å². The minimum absolute atomic E-state index is 0.107. The summed E-state index contributed by atoms with van der Waals surface area (Å²) in [7, 11) is 0. The van der Waals surface area contributed by atoms with E-state index < -0.39 is 0 Å². The number of carbonyl (C=O) groups excluding carboxylic acids is 1. The Balaban J connectivity index is 1.92. The molecule has 2 aromatic carbocycles. The quantitative estimate of drug-likeness (QED) is 0.780. The van der Waals surface area contributed by atoms with Crippen LogP contribution >= 0.6 is 34.2 Å². The smallest absolute Gasteiger partial charge is 0.243 e. The summed E-state index contributed by atoms with van der Waals surface area (Å²) in [6.45, 7) is 0.175. The summed E-state index contributed by atoms with van der Waals surface area (Å²) in [6, 6.07) is 15.0.